The standard InChI is InChI=1S/C53H69N9O9S/c1-34(36-7-9-37(10-8-36)49-35(2)56-33-72-49)57-50(66)45-28-39(64)31-62(45)51(67)42(52(3,4)5)27-38(63)13-21-68-23-25-70-26-24-69-22-14-47(65)61-19-17-60(18-20-61)46-30-44(54-32-55-46)48-41-29-40(71-53(6)15-16-53)11-12-43(41)58-59-48/h7-12,29-30,32-34,39,42,45,64H,13-28,31H2,1-6H3,(H,57,66)(H,58,59)/t34-,39+,42+,45-/m1/s1. The van der Waals surface area contributed by atoms with Crippen LogP contribution in [0.2, 0.25) is 0 Å². The number of aliphatic hydroxyl groups is 1. The molecule has 0 spiro atoms. The molecule has 5 heterocycles. The van der Waals surface area contributed by atoms with E-state index in [9.17, 15) is 24.3 Å². The number of aliphatic hydroxyl groups excluding tert-OH is 1. The number of aromatic nitrogens is 5. The Balaban J connectivity index is 0.682. The van der Waals surface area contributed by atoms with E-state index in [1.165, 1.54) is 4.90 Å². The van der Waals surface area contributed by atoms with Crippen LogP contribution in [0.5, 0.6) is 5.75 Å². The molecule has 3 aromatic heterocycles. The summed E-state index contributed by atoms with van der Waals surface area (Å²) in [5, 5.41) is 22.3. The lowest BCUT2D eigenvalue weighted by Crippen LogP contribution is -2.50. The van der Waals surface area contributed by atoms with E-state index >= 15 is 0 Å². The molecule has 3 N–H and O–H groups in total. The fourth-order valence-corrected chi connectivity index (χ4v) is 10.0. The van der Waals surface area contributed by atoms with Crippen molar-refractivity contribution in [2.75, 3.05) is 77.3 Å². The minimum atomic E-state index is -0.855. The number of hydrogen-bond donors (Lipinski definition) is 3. The van der Waals surface area contributed by atoms with Crippen molar-refractivity contribution in [1.29, 1.82) is 0 Å². The number of aromatic amines is 1. The van der Waals surface area contributed by atoms with Crippen LogP contribution in [0.25, 0.3) is 32.7 Å². The summed E-state index contributed by atoms with van der Waals surface area (Å²) in [5.74, 6) is 0.162. The third-order valence-corrected chi connectivity index (χ3v) is 14.8. The molecular formula is C53H69N9O9S. The lowest BCUT2D eigenvalue weighted by molar-refractivity contribution is -0.146. The van der Waals surface area contributed by atoms with Crippen molar-refractivity contribution in [2.24, 2.45) is 11.3 Å². The quantitative estimate of drug-likeness (QED) is 0.0611. The Kier molecular flexibility index (Phi) is 17.0. The SMILES string of the molecule is Cc1ncsc1-c1ccc([C@@H](C)NC(=O)[C@H]2C[C@H](O)CN2C(=O)[C@H](CC(=O)CCOCCOCCOCCC(=O)N2CCN(c3cc(-c4n[nH]c5ccc(OC6(C)CC6)cc45)ncn3)CC2)C(C)(C)C)cc1. The number of β-amino-alcohol motifs (C(OH)–C–C–N with tert-alkyl or cyclic N) is 1. The minimum Gasteiger partial charge on any atom is -0.488 e. The molecule has 0 unspecified atom stereocenters. The number of ether oxygens (including phenoxy) is 4. The van der Waals surface area contributed by atoms with Gasteiger partial charge in [0.05, 0.1) is 85.5 Å². The second-order valence-electron chi connectivity index (χ2n) is 20.5. The fraction of sp³-hybridized carbons (Fsp3) is 0.547. The van der Waals surface area contributed by atoms with Gasteiger partial charge in [-0.2, -0.15) is 5.10 Å². The zero-order valence-corrected chi connectivity index (χ0v) is 43.2. The van der Waals surface area contributed by atoms with Crippen molar-refractivity contribution < 1.29 is 43.2 Å². The van der Waals surface area contributed by atoms with E-state index in [-0.39, 0.29) is 87.2 Å². The molecule has 0 bridgehead atoms. The molecule has 19 heteroatoms. The second-order valence-corrected chi connectivity index (χ2v) is 21.3. The van der Waals surface area contributed by atoms with Crippen LogP contribution in [-0.2, 0) is 33.4 Å². The van der Waals surface area contributed by atoms with Gasteiger partial charge in [-0.3, -0.25) is 24.3 Å². The third-order valence-electron chi connectivity index (χ3n) is 13.9. The number of fused-ring (bicyclic) bond motifs is 1. The lowest BCUT2D eigenvalue weighted by Gasteiger charge is -2.35. The summed E-state index contributed by atoms with van der Waals surface area (Å²) >= 11 is 1.58. The Labute approximate surface area is 425 Å². The highest BCUT2D eigenvalue weighted by Gasteiger charge is 2.45. The van der Waals surface area contributed by atoms with E-state index in [0.717, 1.165) is 62.7 Å². The zero-order valence-electron chi connectivity index (χ0n) is 42.4. The summed E-state index contributed by atoms with van der Waals surface area (Å²) in [5.41, 5.74) is 6.45. The van der Waals surface area contributed by atoms with Gasteiger partial charge in [-0.15, -0.1) is 11.3 Å². The van der Waals surface area contributed by atoms with Gasteiger partial charge in [0.15, 0.2) is 0 Å². The van der Waals surface area contributed by atoms with Crippen molar-refractivity contribution in [3.8, 4) is 27.6 Å². The molecule has 3 aliphatic rings. The molecule has 3 fully saturated rings. The monoisotopic (exact) mass is 1010 g/mol. The first-order valence-corrected chi connectivity index (χ1v) is 26.0. The van der Waals surface area contributed by atoms with Gasteiger partial charge in [0.2, 0.25) is 17.7 Å². The van der Waals surface area contributed by atoms with E-state index in [1.807, 2.05) is 93.6 Å². The molecule has 2 aliphatic heterocycles. The Morgan fingerprint density at radius 1 is 0.903 bits per heavy atom. The highest BCUT2D eigenvalue weighted by Crippen LogP contribution is 2.41. The van der Waals surface area contributed by atoms with Crippen molar-refractivity contribution in [1.82, 2.24) is 40.3 Å². The molecule has 8 rings (SSSR count). The predicted molar refractivity (Wildman–Crippen MR) is 273 cm³/mol. The van der Waals surface area contributed by atoms with Crippen LogP contribution in [0, 0.1) is 18.3 Å². The molecule has 386 valence electrons. The zero-order chi connectivity index (χ0) is 51.0. The summed E-state index contributed by atoms with van der Waals surface area (Å²) < 4.78 is 23.2. The maximum Gasteiger partial charge on any atom is 0.243 e. The van der Waals surface area contributed by atoms with Crippen molar-refractivity contribution >= 4 is 51.6 Å². The van der Waals surface area contributed by atoms with Gasteiger partial charge in [-0.05, 0) is 68.4 Å². The Bertz CT molecular complexity index is 2660. The number of benzene rings is 2. The number of nitrogens with zero attached hydrogens (tertiary/aromatic N) is 7. The van der Waals surface area contributed by atoms with Crippen LogP contribution >= 0.6 is 11.3 Å². The molecule has 1 aliphatic carbocycles. The number of rotatable bonds is 23. The second kappa shape index (κ2) is 23.3. The van der Waals surface area contributed by atoms with Gasteiger partial charge >= 0.3 is 0 Å². The number of aryl methyl sites for hydroxylation is 1. The molecule has 72 heavy (non-hydrogen) atoms. The summed E-state index contributed by atoms with van der Waals surface area (Å²) in [7, 11) is 0. The van der Waals surface area contributed by atoms with Gasteiger partial charge in [-0.1, -0.05) is 45.0 Å². The summed E-state index contributed by atoms with van der Waals surface area (Å²) in [6.07, 6.45) is 3.32. The Hall–Kier alpha value is -5.86. The number of carbonyl (C=O) groups is 4. The number of H-pyrrole nitrogens is 1. The molecule has 18 nitrogen and oxygen atoms in total. The maximum absolute atomic E-state index is 14.1. The smallest absolute Gasteiger partial charge is 0.243 e. The van der Waals surface area contributed by atoms with Crippen LogP contribution in [-0.4, -0.2) is 154 Å². The maximum atomic E-state index is 14.1. The molecule has 2 aromatic carbocycles. The molecule has 3 amide bonds. The number of carbonyl (C=O) groups excluding carboxylic acids is 4. The fourth-order valence-electron chi connectivity index (χ4n) is 9.19. The van der Waals surface area contributed by atoms with E-state index in [2.05, 4.69) is 42.3 Å². The van der Waals surface area contributed by atoms with Crippen molar-refractivity contribution in [2.45, 2.75) is 104 Å². The highest BCUT2D eigenvalue weighted by atomic mass is 32.1. The third kappa shape index (κ3) is 13.4. The number of anilines is 1. The van der Waals surface area contributed by atoms with Gasteiger partial charge in [0.25, 0.3) is 0 Å². The number of likely N-dealkylation sites (tertiary alicyclic amines) is 1. The van der Waals surface area contributed by atoms with Gasteiger partial charge < -0.3 is 44.1 Å². The Morgan fingerprint density at radius 3 is 2.26 bits per heavy atom. The Morgan fingerprint density at radius 2 is 1.60 bits per heavy atom. The number of hydrogen-bond acceptors (Lipinski definition) is 15. The van der Waals surface area contributed by atoms with Gasteiger partial charge in [-0.25, -0.2) is 15.0 Å². The van der Waals surface area contributed by atoms with Crippen LogP contribution in [0.4, 0.5) is 5.82 Å². The van der Waals surface area contributed by atoms with E-state index < -0.39 is 23.5 Å². The van der Waals surface area contributed by atoms with Crippen LogP contribution in [0.15, 0.2) is 60.4 Å². The number of piperazine rings is 1. The number of nitrogens with one attached hydrogen (secondary N) is 2. The van der Waals surface area contributed by atoms with Crippen molar-refractivity contribution in [3.05, 3.63) is 71.6 Å². The highest BCUT2D eigenvalue weighted by molar-refractivity contribution is 7.13. The number of amides is 3. The van der Waals surface area contributed by atoms with Gasteiger partial charge in [0.1, 0.15) is 41.0 Å². The molecule has 4 atom stereocenters. The summed E-state index contributed by atoms with van der Waals surface area (Å²) in [6, 6.07) is 14.7. The van der Waals surface area contributed by atoms with E-state index in [0.29, 0.717) is 51.7 Å². The molecule has 5 aromatic rings. The molecule has 2 saturated heterocycles. The normalized spacial score (nSPS) is 18.6. The van der Waals surface area contributed by atoms with Crippen LogP contribution in [0.1, 0.15) is 90.4 Å². The number of Topliss-reactive ketones (excluding diaryl/α,β-unsaturated/α-hetero) is 1. The summed E-state index contributed by atoms with van der Waals surface area (Å²) in [4.78, 5) is 74.0. The van der Waals surface area contributed by atoms with Crippen molar-refractivity contribution in [3.63, 3.8) is 0 Å². The lowest BCUT2D eigenvalue weighted by atomic mass is 9.76. The predicted octanol–water partition coefficient (Wildman–Crippen LogP) is 6.32. The first-order valence-electron chi connectivity index (χ1n) is 25.1. The minimum absolute atomic E-state index is 0.00648. The molecular weight excluding hydrogens is 939 g/mol. The average Bonchev–Trinajstić information content (AvgIpc) is 3.65. The largest absolute Gasteiger partial charge is 0.488 e. The van der Waals surface area contributed by atoms with Crippen LogP contribution < -0.4 is 15.0 Å². The van der Waals surface area contributed by atoms with Crippen LogP contribution in [0.3, 0.4) is 0 Å². The molecule has 1 saturated carbocycles. The first-order chi connectivity index (χ1) is 34.5. The first kappa shape index (κ1) is 52.5. The van der Waals surface area contributed by atoms with E-state index in [1.54, 1.807) is 17.7 Å². The van der Waals surface area contributed by atoms with Gasteiger partial charge in [0, 0.05) is 69.4 Å². The summed E-state index contributed by atoms with van der Waals surface area (Å²) in [6.45, 7) is 15.9. The average molecular weight is 1010 g/mol. The number of ketones is 1. The van der Waals surface area contributed by atoms with E-state index in [4.69, 9.17) is 18.9 Å². The topological polar surface area (TPSA) is 215 Å². The number of thiazole rings is 1. The molecule has 0 radical (unpaired) electrons.